The molecular weight excluding hydrogens is 454 g/mol. The van der Waals surface area contributed by atoms with Gasteiger partial charge in [0.05, 0.1) is 29.8 Å². The zero-order valence-corrected chi connectivity index (χ0v) is 19.8. The van der Waals surface area contributed by atoms with Crippen LogP contribution in [0.5, 0.6) is 5.75 Å². The van der Waals surface area contributed by atoms with Gasteiger partial charge in [0.15, 0.2) is 0 Å². The minimum absolute atomic E-state index is 0.277. The van der Waals surface area contributed by atoms with Crippen molar-refractivity contribution < 1.29 is 22.7 Å². The summed E-state index contributed by atoms with van der Waals surface area (Å²) in [4.78, 5) is 25.5. The Morgan fingerprint density at radius 1 is 0.912 bits per heavy atom. The van der Waals surface area contributed by atoms with Gasteiger partial charge in [0.1, 0.15) is 12.3 Å². The summed E-state index contributed by atoms with van der Waals surface area (Å²) in [6.45, 7) is 2.21. The molecular formula is C25H27N3O5S. The van der Waals surface area contributed by atoms with Crippen LogP contribution in [-0.4, -0.2) is 39.6 Å². The number of anilines is 2. The van der Waals surface area contributed by atoms with Crippen molar-refractivity contribution in [2.45, 2.75) is 13.5 Å². The number of rotatable bonds is 10. The highest BCUT2D eigenvalue weighted by Crippen LogP contribution is 2.22. The van der Waals surface area contributed by atoms with E-state index in [2.05, 4.69) is 10.6 Å². The Bertz CT molecular complexity index is 1230. The highest BCUT2D eigenvalue weighted by Gasteiger charge is 2.22. The molecule has 178 valence electrons. The van der Waals surface area contributed by atoms with Crippen molar-refractivity contribution in [2.24, 2.45) is 0 Å². The molecule has 0 heterocycles. The van der Waals surface area contributed by atoms with Crippen LogP contribution in [0.1, 0.15) is 22.8 Å². The number of benzene rings is 3. The fourth-order valence-corrected chi connectivity index (χ4v) is 4.12. The Balaban J connectivity index is 1.72. The molecule has 9 heteroatoms. The Kier molecular flexibility index (Phi) is 8.26. The van der Waals surface area contributed by atoms with E-state index < -0.39 is 22.5 Å². The number of nitrogens with one attached hydrogen (secondary N) is 2. The number of hydrogen-bond acceptors (Lipinski definition) is 5. The zero-order chi connectivity index (χ0) is 24.6. The normalized spacial score (nSPS) is 10.9. The van der Waals surface area contributed by atoms with Crippen LogP contribution in [-0.2, 0) is 21.4 Å². The third kappa shape index (κ3) is 6.82. The number of sulfonamides is 1. The van der Waals surface area contributed by atoms with Crippen molar-refractivity contribution in [3.8, 4) is 5.75 Å². The van der Waals surface area contributed by atoms with Crippen LogP contribution in [0.3, 0.4) is 0 Å². The van der Waals surface area contributed by atoms with Crippen LogP contribution in [0.25, 0.3) is 0 Å². The number of hydrogen-bond donors (Lipinski definition) is 2. The highest BCUT2D eigenvalue weighted by molar-refractivity contribution is 7.92. The molecule has 2 amide bonds. The standard InChI is InChI=1S/C25H27N3O5S/c1-3-33-21-15-13-20(14-16-21)28(34(2,31)32)18-24(29)27-23-12-8-7-11-22(23)25(30)26-17-19-9-5-4-6-10-19/h4-16H,3,17-18H2,1-2H3,(H,26,30)(H,27,29). The first-order chi connectivity index (χ1) is 16.3. The van der Waals surface area contributed by atoms with E-state index in [9.17, 15) is 18.0 Å². The van der Waals surface area contributed by atoms with Gasteiger partial charge in [0, 0.05) is 6.54 Å². The van der Waals surface area contributed by atoms with E-state index in [0.717, 1.165) is 16.1 Å². The molecule has 0 radical (unpaired) electrons. The molecule has 2 N–H and O–H groups in total. The van der Waals surface area contributed by atoms with E-state index in [-0.39, 0.29) is 11.5 Å². The van der Waals surface area contributed by atoms with Crippen molar-refractivity contribution in [1.29, 1.82) is 0 Å². The quantitative estimate of drug-likeness (QED) is 0.462. The first-order valence-corrected chi connectivity index (χ1v) is 12.5. The summed E-state index contributed by atoms with van der Waals surface area (Å²) in [7, 11) is -3.74. The number of para-hydroxylation sites is 1. The lowest BCUT2D eigenvalue weighted by atomic mass is 10.1. The fourth-order valence-electron chi connectivity index (χ4n) is 3.26. The fraction of sp³-hybridized carbons (Fsp3) is 0.200. The largest absolute Gasteiger partial charge is 0.494 e. The number of amides is 2. The molecule has 0 atom stereocenters. The van der Waals surface area contributed by atoms with Crippen molar-refractivity contribution in [2.75, 3.05) is 29.0 Å². The summed E-state index contributed by atoms with van der Waals surface area (Å²) < 4.78 is 31.1. The summed E-state index contributed by atoms with van der Waals surface area (Å²) in [5.74, 6) is -0.339. The Labute approximate surface area is 199 Å². The minimum atomic E-state index is -3.74. The maximum Gasteiger partial charge on any atom is 0.253 e. The summed E-state index contributed by atoms with van der Waals surface area (Å²) in [5.41, 5.74) is 1.84. The van der Waals surface area contributed by atoms with Gasteiger partial charge < -0.3 is 15.4 Å². The summed E-state index contributed by atoms with van der Waals surface area (Å²) in [6, 6.07) is 22.4. The number of ether oxygens (including phenoxy) is 1. The topological polar surface area (TPSA) is 105 Å². The zero-order valence-electron chi connectivity index (χ0n) is 19.0. The first-order valence-electron chi connectivity index (χ1n) is 10.7. The second-order valence-electron chi connectivity index (χ2n) is 7.46. The molecule has 0 bridgehead atoms. The van der Waals surface area contributed by atoms with Gasteiger partial charge in [-0.3, -0.25) is 13.9 Å². The molecule has 0 unspecified atom stereocenters. The average molecular weight is 482 g/mol. The Morgan fingerprint density at radius 2 is 1.56 bits per heavy atom. The van der Waals surface area contributed by atoms with E-state index in [1.165, 1.54) is 0 Å². The summed E-state index contributed by atoms with van der Waals surface area (Å²) in [6.07, 6.45) is 1.03. The van der Waals surface area contributed by atoms with Crippen molar-refractivity contribution in [3.05, 3.63) is 90.0 Å². The molecule has 0 aromatic heterocycles. The molecule has 0 aliphatic heterocycles. The van der Waals surface area contributed by atoms with Gasteiger partial charge in [0.25, 0.3) is 5.91 Å². The van der Waals surface area contributed by atoms with Gasteiger partial charge in [-0.2, -0.15) is 0 Å². The first kappa shape index (κ1) is 24.8. The van der Waals surface area contributed by atoms with Crippen LogP contribution >= 0.6 is 0 Å². The molecule has 0 aliphatic rings. The van der Waals surface area contributed by atoms with E-state index in [1.54, 1.807) is 48.5 Å². The van der Waals surface area contributed by atoms with Crippen LogP contribution in [0.15, 0.2) is 78.9 Å². The van der Waals surface area contributed by atoms with Gasteiger partial charge in [-0.15, -0.1) is 0 Å². The van der Waals surface area contributed by atoms with Gasteiger partial charge in [0.2, 0.25) is 15.9 Å². The van der Waals surface area contributed by atoms with Crippen LogP contribution in [0.2, 0.25) is 0 Å². The SMILES string of the molecule is CCOc1ccc(N(CC(=O)Nc2ccccc2C(=O)NCc2ccccc2)S(C)(=O)=O)cc1. The second-order valence-corrected chi connectivity index (χ2v) is 9.37. The number of carbonyl (C=O) groups excluding carboxylic acids is 2. The summed E-state index contributed by atoms with van der Waals surface area (Å²) in [5, 5.41) is 5.49. The Hall–Kier alpha value is -3.85. The van der Waals surface area contributed by atoms with E-state index in [0.29, 0.717) is 30.3 Å². The van der Waals surface area contributed by atoms with Crippen LogP contribution in [0.4, 0.5) is 11.4 Å². The van der Waals surface area contributed by atoms with Crippen molar-refractivity contribution in [1.82, 2.24) is 5.32 Å². The lowest BCUT2D eigenvalue weighted by Gasteiger charge is -2.22. The van der Waals surface area contributed by atoms with Crippen LogP contribution in [0, 0.1) is 0 Å². The third-order valence-electron chi connectivity index (χ3n) is 4.86. The number of nitrogens with zero attached hydrogens (tertiary/aromatic N) is 1. The Morgan fingerprint density at radius 3 is 2.21 bits per heavy atom. The van der Waals surface area contributed by atoms with Crippen molar-refractivity contribution >= 4 is 33.2 Å². The second kappa shape index (κ2) is 11.3. The highest BCUT2D eigenvalue weighted by atomic mass is 32.2. The van der Waals surface area contributed by atoms with E-state index >= 15 is 0 Å². The molecule has 0 saturated carbocycles. The maximum absolute atomic E-state index is 12.8. The monoisotopic (exact) mass is 481 g/mol. The molecule has 3 rings (SSSR count). The number of carbonyl (C=O) groups is 2. The predicted molar refractivity (Wildman–Crippen MR) is 132 cm³/mol. The van der Waals surface area contributed by atoms with Gasteiger partial charge in [-0.1, -0.05) is 42.5 Å². The molecule has 3 aromatic carbocycles. The summed E-state index contributed by atoms with van der Waals surface area (Å²) >= 11 is 0. The smallest absolute Gasteiger partial charge is 0.253 e. The lowest BCUT2D eigenvalue weighted by molar-refractivity contribution is -0.114. The van der Waals surface area contributed by atoms with E-state index in [1.807, 2.05) is 37.3 Å². The average Bonchev–Trinajstić information content (AvgIpc) is 2.82. The molecule has 34 heavy (non-hydrogen) atoms. The molecule has 0 saturated heterocycles. The van der Waals surface area contributed by atoms with Gasteiger partial charge >= 0.3 is 0 Å². The van der Waals surface area contributed by atoms with E-state index in [4.69, 9.17) is 4.74 Å². The predicted octanol–water partition coefficient (Wildman–Crippen LogP) is 3.42. The third-order valence-corrected chi connectivity index (χ3v) is 6.01. The van der Waals surface area contributed by atoms with Gasteiger partial charge in [-0.05, 0) is 48.9 Å². The molecule has 3 aromatic rings. The molecule has 0 fully saturated rings. The minimum Gasteiger partial charge on any atom is -0.494 e. The molecule has 0 spiro atoms. The van der Waals surface area contributed by atoms with Crippen molar-refractivity contribution in [3.63, 3.8) is 0 Å². The van der Waals surface area contributed by atoms with Crippen LogP contribution < -0.4 is 19.7 Å². The molecule has 0 aliphatic carbocycles. The maximum atomic E-state index is 12.8. The molecule has 8 nitrogen and oxygen atoms in total. The lowest BCUT2D eigenvalue weighted by Crippen LogP contribution is -2.37. The van der Waals surface area contributed by atoms with Gasteiger partial charge in [-0.25, -0.2) is 8.42 Å².